The number of aryl methyl sites for hydroxylation is 1. The molecule has 15 heavy (non-hydrogen) atoms. The summed E-state index contributed by atoms with van der Waals surface area (Å²) in [5, 5.41) is 1.06. The van der Waals surface area contributed by atoms with E-state index in [0.717, 1.165) is 23.7 Å². The fourth-order valence-electron chi connectivity index (χ4n) is 1.73. The van der Waals surface area contributed by atoms with Gasteiger partial charge in [0, 0.05) is 22.7 Å². The van der Waals surface area contributed by atoms with Crippen molar-refractivity contribution in [3.8, 4) is 0 Å². The predicted octanol–water partition coefficient (Wildman–Crippen LogP) is 2.03. The number of nitrogens with one attached hydrogen (secondary N) is 1. The molecule has 1 aromatic carbocycles. The first-order valence-electron chi connectivity index (χ1n) is 4.91. The zero-order chi connectivity index (χ0) is 10.8. The minimum absolute atomic E-state index is 0.390. The maximum atomic E-state index is 11.0. The van der Waals surface area contributed by atoms with Crippen LogP contribution in [0.1, 0.15) is 22.3 Å². The van der Waals surface area contributed by atoms with Gasteiger partial charge >= 0.3 is 0 Å². The van der Waals surface area contributed by atoms with Crippen LogP contribution in [0, 0.1) is 6.92 Å². The van der Waals surface area contributed by atoms with E-state index in [1.807, 2.05) is 18.3 Å². The Labute approximate surface area is 88.3 Å². The fraction of sp³-hybridized carbons (Fsp3) is 0.167. The highest BCUT2D eigenvalue weighted by Crippen LogP contribution is 2.20. The molecule has 2 aromatic rings. The van der Waals surface area contributed by atoms with Crippen molar-refractivity contribution in [1.29, 1.82) is 0 Å². The lowest BCUT2D eigenvalue weighted by atomic mass is 10.1. The van der Waals surface area contributed by atoms with Gasteiger partial charge in [-0.3, -0.25) is 4.79 Å². The average Bonchev–Trinajstić information content (AvgIpc) is 2.61. The molecule has 1 heterocycles. The van der Waals surface area contributed by atoms with E-state index in [4.69, 9.17) is 5.73 Å². The molecule has 0 saturated carbocycles. The van der Waals surface area contributed by atoms with E-state index < -0.39 is 5.91 Å². The van der Waals surface area contributed by atoms with Crippen molar-refractivity contribution in [1.82, 2.24) is 4.98 Å². The van der Waals surface area contributed by atoms with Crippen molar-refractivity contribution in [3.05, 3.63) is 42.4 Å². The summed E-state index contributed by atoms with van der Waals surface area (Å²) < 4.78 is 0. The van der Waals surface area contributed by atoms with Crippen LogP contribution in [0.4, 0.5) is 0 Å². The molecule has 1 aromatic heterocycles. The molecule has 77 valence electrons. The number of aromatic nitrogens is 1. The minimum Gasteiger partial charge on any atom is -0.366 e. The molecular weight excluding hydrogens is 188 g/mol. The second kappa shape index (κ2) is 3.77. The number of carbonyl (C=O) groups is 1. The number of primary amides is 1. The van der Waals surface area contributed by atoms with Crippen LogP contribution >= 0.6 is 0 Å². The first kappa shape index (κ1) is 9.77. The van der Waals surface area contributed by atoms with Gasteiger partial charge in [-0.1, -0.05) is 6.92 Å². The van der Waals surface area contributed by atoms with Crippen LogP contribution in [0.5, 0.6) is 0 Å². The van der Waals surface area contributed by atoms with Crippen molar-refractivity contribution in [2.75, 3.05) is 0 Å². The third-order valence-electron chi connectivity index (χ3n) is 2.50. The summed E-state index contributed by atoms with van der Waals surface area (Å²) in [6.07, 6.45) is 3.70. The van der Waals surface area contributed by atoms with Crippen molar-refractivity contribution in [2.45, 2.75) is 12.8 Å². The van der Waals surface area contributed by atoms with Gasteiger partial charge in [0.05, 0.1) is 0 Å². The van der Waals surface area contributed by atoms with Gasteiger partial charge in [-0.15, -0.1) is 0 Å². The number of hydrogen-bond acceptors (Lipinski definition) is 1. The third-order valence-corrected chi connectivity index (χ3v) is 2.50. The molecule has 3 heteroatoms. The molecule has 0 bridgehead atoms. The van der Waals surface area contributed by atoms with Crippen LogP contribution in [-0.2, 0) is 6.42 Å². The Balaban J connectivity index is 2.56. The van der Waals surface area contributed by atoms with Crippen molar-refractivity contribution in [2.24, 2.45) is 5.73 Å². The van der Waals surface area contributed by atoms with E-state index in [1.54, 1.807) is 6.07 Å². The summed E-state index contributed by atoms with van der Waals surface area (Å²) in [4.78, 5) is 14.2. The lowest BCUT2D eigenvalue weighted by Gasteiger charge is -1.98. The number of rotatable bonds is 3. The molecule has 0 saturated heterocycles. The highest BCUT2D eigenvalue weighted by atomic mass is 16.1. The van der Waals surface area contributed by atoms with Crippen LogP contribution in [0.15, 0.2) is 24.4 Å². The summed E-state index contributed by atoms with van der Waals surface area (Å²) in [5.74, 6) is -0.390. The Morgan fingerprint density at radius 1 is 1.47 bits per heavy atom. The Morgan fingerprint density at radius 3 is 2.93 bits per heavy atom. The van der Waals surface area contributed by atoms with E-state index in [-0.39, 0.29) is 0 Å². The van der Waals surface area contributed by atoms with E-state index >= 15 is 0 Å². The monoisotopic (exact) mass is 201 g/mol. The number of nitrogens with two attached hydrogens (primary N) is 1. The molecule has 0 fully saturated rings. The Hall–Kier alpha value is -1.77. The Bertz CT molecular complexity index is 499. The molecule has 0 aliphatic carbocycles. The second-order valence-corrected chi connectivity index (χ2v) is 3.54. The van der Waals surface area contributed by atoms with E-state index in [2.05, 4.69) is 11.9 Å². The van der Waals surface area contributed by atoms with E-state index in [1.165, 1.54) is 5.56 Å². The van der Waals surface area contributed by atoms with Gasteiger partial charge in [0.15, 0.2) is 0 Å². The van der Waals surface area contributed by atoms with E-state index in [0.29, 0.717) is 5.56 Å². The lowest BCUT2D eigenvalue weighted by Crippen LogP contribution is -2.10. The fourth-order valence-corrected chi connectivity index (χ4v) is 1.73. The normalized spacial score (nSPS) is 10.7. The van der Waals surface area contributed by atoms with Crippen LogP contribution in [-0.4, -0.2) is 10.9 Å². The number of H-pyrrole nitrogens is 1. The van der Waals surface area contributed by atoms with Gasteiger partial charge in [0.25, 0.3) is 0 Å². The maximum Gasteiger partial charge on any atom is 0.248 e. The maximum absolute atomic E-state index is 11.0. The van der Waals surface area contributed by atoms with Gasteiger partial charge in [0.1, 0.15) is 0 Å². The number of hydrogen-bond donors (Lipinski definition) is 2. The van der Waals surface area contributed by atoms with Crippen LogP contribution in [0.3, 0.4) is 0 Å². The zero-order valence-corrected chi connectivity index (χ0v) is 8.42. The van der Waals surface area contributed by atoms with Crippen LogP contribution in [0.2, 0.25) is 0 Å². The zero-order valence-electron chi connectivity index (χ0n) is 8.42. The molecule has 3 nitrogen and oxygen atoms in total. The topological polar surface area (TPSA) is 58.9 Å². The van der Waals surface area contributed by atoms with Crippen molar-refractivity contribution >= 4 is 16.8 Å². The molecule has 0 aliphatic rings. The molecule has 1 radical (unpaired) electrons. The number of benzene rings is 1. The SMILES string of the molecule is [CH2]CCc1c[nH]c2ccc(C(N)=O)cc12. The first-order valence-corrected chi connectivity index (χ1v) is 4.91. The number of carbonyl (C=O) groups excluding carboxylic acids is 1. The quantitative estimate of drug-likeness (QED) is 0.784. The molecule has 2 rings (SSSR count). The molecule has 0 unspecified atom stereocenters. The summed E-state index contributed by atoms with van der Waals surface area (Å²) >= 11 is 0. The van der Waals surface area contributed by atoms with Gasteiger partial charge in [-0.2, -0.15) is 0 Å². The molecule has 3 N–H and O–H groups in total. The van der Waals surface area contributed by atoms with Crippen molar-refractivity contribution < 1.29 is 4.79 Å². The van der Waals surface area contributed by atoms with Gasteiger partial charge in [-0.25, -0.2) is 0 Å². The average molecular weight is 201 g/mol. The Kier molecular flexibility index (Phi) is 2.46. The highest BCUT2D eigenvalue weighted by Gasteiger charge is 2.06. The molecule has 0 atom stereocenters. The van der Waals surface area contributed by atoms with Gasteiger partial charge in [0.2, 0.25) is 5.91 Å². The smallest absolute Gasteiger partial charge is 0.248 e. The van der Waals surface area contributed by atoms with Crippen molar-refractivity contribution in [3.63, 3.8) is 0 Å². The number of aromatic amines is 1. The highest BCUT2D eigenvalue weighted by molar-refractivity contribution is 5.97. The first-order chi connectivity index (χ1) is 7.22. The second-order valence-electron chi connectivity index (χ2n) is 3.54. The predicted molar refractivity (Wildman–Crippen MR) is 60.5 cm³/mol. The number of amides is 1. The lowest BCUT2D eigenvalue weighted by molar-refractivity contribution is 0.100. The van der Waals surface area contributed by atoms with E-state index in [9.17, 15) is 4.79 Å². The third kappa shape index (κ3) is 1.73. The van der Waals surface area contributed by atoms with Crippen LogP contribution < -0.4 is 5.73 Å². The molecule has 0 spiro atoms. The minimum atomic E-state index is -0.390. The standard InChI is InChI=1S/C12H13N2O/c1-2-3-9-7-14-11-5-4-8(12(13)15)6-10(9)11/h4-7,14H,1-3H2,(H2,13,15). The Morgan fingerprint density at radius 2 is 2.27 bits per heavy atom. The van der Waals surface area contributed by atoms with Gasteiger partial charge in [-0.05, 0) is 36.6 Å². The van der Waals surface area contributed by atoms with Gasteiger partial charge < -0.3 is 10.7 Å². The summed E-state index contributed by atoms with van der Waals surface area (Å²) in [5.41, 5.74) is 8.00. The summed E-state index contributed by atoms with van der Waals surface area (Å²) in [6.45, 7) is 3.82. The molecule has 0 aliphatic heterocycles. The molecule has 1 amide bonds. The molecular formula is C12H13N2O. The largest absolute Gasteiger partial charge is 0.366 e. The van der Waals surface area contributed by atoms with Crippen LogP contribution in [0.25, 0.3) is 10.9 Å². The summed E-state index contributed by atoms with van der Waals surface area (Å²) in [7, 11) is 0. The summed E-state index contributed by atoms with van der Waals surface area (Å²) in [6, 6.07) is 5.44. The number of fused-ring (bicyclic) bond motifs is 1.